The minimum Gasteiger partial charge on any atom is -0.444 e. The summed E-state index contributed by atoms with van der Waals surface area (Å²) in [5.41, 5.74) is 6.45. The van der Waals surface area contributed by atoms with Gasteiger partial charge in [-0.05, 0) is 92.3 Å². The number of carbonyl (C=O) groups is 4. The number of nitrogens with one attached hydrogen (secondary N) is 2. The van der Waals surface area contributed by atoms with E-state index in [0.29, 0.717) is 5.56 Å². The molecule has 0 bridgehead atoms. The monoisotopic (exact) mass is 504 g/mol. The second kappa shape index (κ2) is 12.2. The van der Waals surface area contributed by atoms with Crippen LogP contribution in [-0.4, -0.2) is 51.9 Å². The molecule has 0 radical (unpaired) electrons. The molecule has 0 aliphatic carbocycles. The molecule has 0 aliphatic heterocycles. The Labute approximate surface area is 215 Å². The molecule has 1 rings (SSSR count). The van der Waals surface area contributed by atoms with E-state index in [2.05, 4.69) is 10.6 Å². The van der Waals surface area contributed by atoms with Gasteiger partial charge in [-0.25, -0.2) is 4.79 Å². The molecule has 202 valence electrons. The number of nitrogens with zero attached hydrogens (tertiary/aromatic N) is 1. The van der Waals surface area contributed by atoms with E-state index in [9.17, 15) is 19.2 Å². The number of primary amides is 1. The highest BCUT2D eigenvalue weighted by Gasteiger charge is 2.39. The fourth-order valence-electron chi connectivity index (χ4n) is 3.95. The van der Waals surface area contributed by atoms with Gasteiger partial charge < -0.3 is 26.0 Å². The Morgan fingerprint density at radius 3 is 1.94 bits per heavy atom. The Bertz CT molecular complexity index is 940. The minimum atomic E-state index is -1.12. The topological polar surface area (TPSA) is 131 Å². The van der Waals surface area contributed by atoms with Crippen molar-refractivity contribution in [2.75, 3.05) is 0 Å². The predicted octanol–water partition coefficient (Wildman–Crippen LogP) is 3.66. The number of benzene rings is 1. The molecule has 9 nitrogen and oxygen atoms in total. The number of hydrogen-bond acceptors (Lipinski definition) is 5. The average molecular weight is 505 g/mol. The first-order valence-electron chi connectivity index (χ1n) is 12.3. The van der Waals surface area contributed by atoms with Crippen molar-refractivity contribution < 1.29 is 23.9 Å². The van der Waals surface area contributed by atoms with E-state index in [1.54, 1.807) is 20.8 Å². The highest BCUT2D eigenvalue weighted by Crippen LogP contribution is 2.31. The quantitative estimate of drug-likeness (QED) is 0.472. The van der Waals surface area contributed by atoms with Crippen LogP contribution < -0.4 is 16.4 Å². The Morgan fingerprint density at radius 1 is 1.00 bits per heavy atom. The fraction of sp³-hybridized carbons (Fsp3) is 0.630. The third-order valence-electron chi connectivity index (χ3n) is 5.32. The van der Waals surface area contributed by atoms with Gasteiger partial charge in [0.05, 0.1) is 0 Å². The van der Waals surface area contributed by atoms with E-state index in [4.69, 9.17) is 10.5 Å². The van der Waals surface area contributed by atoms with Gasteiger partial charge in [0.1, 0.15) is 17.7 Å². The first kappa shape index (κ1) is 30.9. The number of rotatable bonds is 9. The van der Waals surface area contributed by atoms with Crippen LogP contribution in [0.25, 0.3) is 0 Å². The number of hydrogen-bond donors (Lipinski definition) is 3. The maximum atomic E-state index is 14.0. The summed E-state index contributed by atoms with van der Waals surface area (Å²) in [4.78, 5) is 53.3. The average Bonchev–Trinajstić information content (AvgIpc) is 2.66. The van der Waals surface area contributed by atoms with E-state index < -0.39 is 47.2 Å². The molecule has 9 heteroatoms. The Balaban J connectivity index is 3.61. The Hall–Kier alpha value is -3.10. The number of carbonyl (C=O) groups excluding carboxylic acids is 4. The van der Waals surface area contributed by atoms with Crippen LogP contribution in [-0.2, 0) is 19.1 Å². The second-order valence-electron chi connectivity index (χ2n) is 11.5. The van der Waals surface area contributed by atoms with Gasteiger partial charge in [0.25, 0.3) is 0 Å². The van der Waals surface area contributed by atoms with Crippen molar-refractivity contribution in [3.63, 3.8) is 0 Å². The van der Waals surface area contributed by atoms with Gasteiger partial charge in [-0.3, -0.25) is 14.4 Å². The summed E-state index contributed by atoms with van der Waals surface area (Å²) in [7, 11) is 0. The molecule has 2 atom stereocenters. The summed E-state index contributed by atoms with van der Waals surface area (Å²) in [6.07, 6.45) is -0.950. The zero-order valence-corrected chi connectivity index (χ0v) is 23.4. The summed E-state index contributed by atoms with van der Waals surface area (Å²) in [5.74, 6) is -1.45. The van der Waals surface area contributed by atoms with Gasteiger partial charge in [-0.2, -0.15) is 0 Å². The molecule has 0 aliphatic rings. The third kappa shape index (κ3) is 9.51. The lowest BCUT2D eigenvalue weighted by Gasteiger charge is -2.39. The van der Waals surface area contributed by atoms with Gasteiger partial charge in [-0.15, -0.1) is 0 Å². The maximum absolute atomic E-state index is 14.0. The van der Waals surface area contributed by atoms with Crippen molar-refractivity contribution in [1.82, 2.24) is 15.5 Å². The van der Waals surface area contributed by atoms with E-state index in [1.165, 1.54) is 4.90 Å². The second-order valence-corrected chi connectivity index (χ2v) is 11.5. The van der Waals surface area contributed by atoms with Crippen LogP contribution >= 0.6 is 0 Å². The first-order chi connectivity index (χ1) is 16.3. The summed E-state index contributed by atoms with van der Waals surface area (Å²) in [5, 5.41) is 5.60. The maximum Gasteiger partial charge on any atom is 0.408 e. The summed E-state index contributed by atoms with van der Waals surface area (Å²) in [6.45, 7) is 18.1. The minimum absolute atomic E-state index is 0.0308. The summed E-state index contributed by atoms with van der Waals surface area (Å²) in [6, 6.07) is 3.19. The van der Waals surface area contributed by atoms with Gasteiger partial charge in [-0.1, -0.05) is 18.2 Å². The lowest BCUT2D eigenvalue weighted by atomic mass is 9.92. The Kier molecular flexibility index (Phi) is 10.5. The van der Waals surface area contributed by atoms with Crippen LogP contribution in [0.2, 0.25) is 0 Å². The van der Waals surface area contributed by atoms with Crippen molar-refractivity contribution in [1.29, 1.82) is 0 Å². The SMILES string of the molecule is Cc1cccc(C)c1C(C(=O)NC(C)(C)C)N(C(=O)C(CCC(N)=O)NC(=O)OC(C)(C)C)C(C)C. The number of amides is 4. The number of alkyl carbamates (subject to hydrolysis) is 1. The van der Waals surface area contributed by atoms with Crippen molar-refractivity contribution in [2.24, 2.45) is 5.73 Å². The third-order valence-corrected chi connectivity index (χ3v) is 5.32. The predicted molar refractivity (Wildman–Crippen MR) is 140 cm³/mol. The molecule has 0 fully saturated rings. The molecule has 0 saturated heterocycles. The molecule has 4 N–H and O–H groups in total. The summed E-state index contributed by atoms with van der Waals surface area (Å²) < 4.78 is 5.35. The molecule has 0 saturated carbocycles. The lowest BCUT2D eigenvalue weighted by molar-refractivity contribution is -0.145. The molecule has 1 aromatic carbocycles. The standard InChI is InChI=1S/C27H44N4O5/c1-16(2)31(24(34)19(14-15-20(28)32)29-25(35)36-27(8,9)10)22(23(33)30-26(5,6)7)21-17(3)12-11-13-18(21)4/h11-13,16,19,22H,14-15H2,1-10H3,(H2,28,32)(H,29,35)(H,30,33). The zero-order valence-electron chi connectivity index (χ0n) is 23.4. The smallest absolute Gasteiger partial charge is 0.408 e. The molecule has 0 spiro atoms. The molecule has 1 aromatic rings. The van der Waals surface area contributed by atoms with E-state index in [0.717, 1.165) is 11.1 Å². The largest absolute Gasteiger partial charge is 0.444 e. The fourth-order valence-corrected chi connectivity index (χ4v) is 3.95. The highest BCUT2D eigenvalue weighted by molar-refractivity contribution is 5.93. The van der Waals surface area contributed by atoms with Crippen LogP contribution in [0.4, 0.5) is 4.79 Å². The molecule has 4 amide bonds. The van der Waals surface area contributed by atoms with Crippen molar-refractivity contribution in [3.05, 3.63) is 34.9 Å². The molecular weight excluding hydrogens is 460 g/mol. The van der Waals surface area contributed by atoms with Crippen LogP contribution in [0, 0.1) is 13.8 Å². The highest BCUT2D eigenvalue weighted by atomic mass is 16.6. The van der Waals surface area contributed by atoms with E-state index in [1.807, 2.05) is 66.7 Å². The van der Waals surface area contributed by atoms with Gasteiger partial charge >= 0.3 is 6.09 Å². The number of ether oxygens (including phenoxy) is 1. The number of aryl methyl sites for hydroxylation is 2. The molecule has 0 heterocycles. The Morgan fingerprint density at radius 2 is 1.53 bits per heavy atom. The normalized spacial score (nSPS) is 13.5. The molecule has 36 heavy (non-hydrogen) atoms. The van der Waals surface area contributed by atoms with Crippen molar-refractivity contribution >= 4 is 23.8 Å². The number of nitrogens with two attached hydrogens (primary N) is 1. The molecular formula is C27H44N4O5. The summed E-state index contributed by atoms with van der Waals surface area (Å²) >= 11 is 0. The zero-order chi connectivity index (χ0) is 28.0. The van der Waals surface area contributed by atoms with Gasteiger partial charge in [0.15, 0.2) is 0 Å². The van der Waals surface area contributed by atoms with Crippen molar-refractivity contribution in [2.45, 2.75) is 111 Å². The molecule has 2 unspecified atom stereocenters. The van der Waals surface area contributed by atoms with E-state index >= 15 is 0 Å². The lowest BCUT2D eigenvalue weighted by Crippen LogP contribution is -2.56. The molecule has 0 aromatic heterocycles. The van der Waals surface area contributed by atoms with Crippen LogP contribution in [0.15, 0.2) is 18.2 Å². The van der Waals surface area contributed by atoms with Crippen LogP contribution in [0.3, 0.4) is 0 Å². The van der Waals surface area contributed by atoms with Gasteiger partial charge in [0.2, 0.25) is 17.7 Å². The van der Waals surface area contributed by atoms with Crippen LogP contribution in [0.5, 0.6) is 0 Å². The van der Waals surface area contributed by atoms with E-state index in [-0.39, 0.29) is 18.7 Å². The van der Waals surface area contributed by atoms with Crippen LogP contribution in [0.1, 0.15) is 91.0 Å². The van der Waals surface area contributed by atoms with Gasteiger partial charge in [0, 0.05) is 18.0 Å². The van der Waals surface area contributed by atoms with Crippen molar-refractivity contribution in [3.8, 4) is 0 Å². The first-order valence-corrected chi connectivity index (χ1v) is 12.3.